The number of rotatable bonds is 4. The number of imide groups is 1. The number of ether oxygens (including phenoxy) is 1. The summed E-state index contributed by atoms with van der Waals surface area (Å²) >= 11 is 0. The highest BCUT2D eigenvalue weighted by Gasteiger charge is 2.39. The summed E-state index contributed by atoms with van der Waals surface area (Å²) in [6.07, 6.45) is -0.0147. The van der Waals surface area contributed by atoms with E-state index in [0.29, 0.717) is 11.4 Å². The van der Waals surface area contributed by atoms with Crippen molar-refractivity contribution in [2.24, 2.45) is 0 Å². The van der Waals surface area contributed by atoms with Crippen LogP contribution in [0.5, 0.6) is 5.75 Å². The lowest BCUT2D eigenvalue weighted by Gasteiger charge is -2.16. The van der Waals surface area contributed by atoms with E-state index < -0.39 is 17.8 Å². The van der Waals surface area contributed by atoms with Crippen LogP contribution in [0.2, 0.25) is 0 Å². The molecule has 5 nitrogen and oxygen atoms in total. The van der Waals surface area contributed by atoms with Crippen LogP contribution in [0.25, 0.3) is 0 Å². The molecule has 0 unspecified atom stereocenters. The van der Waals surface area contributed by atoms with E-state index >= 15 is 0 Å². The number of benzene rings is 2. The molecular weight excluding hydrogens is 299 g/mol. The lowest BCUT2D eigenvalue weighted by Crippen LogP contribution is -2.34. The van der Waals surface area contributed by atoms with Gasteiger partial charge in [-0.05, 0) is 36.4 Å². The molecule has 1 fully saturated rings. The molecule has 1 aliphatic rings. The Morgan fingerprint density at radius 1 is 1.13 bits per heavy atom. The Hall–Kier alpha value is -2.89. The molecule has 1 N–H and O–H groups in total. The summed E-state index contributed by atoms with van der Waals surface area (Å²) in [4.78, 5) is 25.7. The fourth-order valence-electron chi connectivity index (χ4n) is 2.51. The van der Waals surface area contributed by atoms with E-state index in [1.54, 1.807) is 36.4 Å². The molecule has 2 aromatic rings. The van der Waals surface area contributed by atoms with Gasteiger partial charge in [0.05, 0.1) is 24.9 Å². The molecule has 1 aliphatic heterocycles. The fraction of sp³-hybridized carbons (Fsp3) is 0.176. The van der Waals surface area contributed by atoms with Crippen LogP contribution in [0.3, 0.4) is 0 Å². The van der Waals surface area contributed by atoms with E-state index in [1.165, 1.54) is 19.2 Å². The monoisotopic (exact) mass is 314 g/mol. The van der Waals surface area contributed by atoms with Gasteiger partial charge in [0.1, 0.15) is 17.6 Å². The van der Waals surface area contributed by atoms with Gasteiger partial charge in [0.25, 0.3) is 5.91 Å². The summed E-state index contributed by atoms with van der Waals surface area (Å²) in [5.41, 5.74) is 0.675. The molecule has 1 saturated heterocycles. The summed E-state index contributed by atoms with van der Waals surface area (Å²) in [5.74, 6) is -0.554. The number of nitrogens with one attached hydrogen (secondary N) is 1. The minimum atomic E-state index is -0.776. The van der Waals surface area contributed by atoms with Crippen LogP contribution in [0.4, 0.5) is 15.8 Å². The molecule has 2 amide bonds. The van der Waals surface area contributed by atoms with Crippen molar-refractivity contribution in [3.8, 4) is 5.75 Å². The molecule has 1 heterocycles. The minimum absolute atomic E-state index is 0.0147. The Bertz CT molecular complexity index is 746. The van der Waals surface area contributed by atoms with Gasteiger partial charge in [0.15, 0.2) is 0 Å². The highest BCUT2D eigenvalue weighted by atomic mass is 19.1. The van der Waals surface area contributed by atoms with Crippen molar-refractivity contribution < 1.29 is 18.7 Å². The maximum absolute atomic E-state index is 13.7. The zero-order chi connectivity index (χ0) is 16.4. The number of hydrogen-bond acceptors (Lipinski definition) is 4. The van der Waals surface area contributed by atoms with Crippen molar-refractivity contribution in [2.75, 3.05) is 17.3 Å². The first-order chi connectivity index (χ1) is 11.1. The Morgan fingerprint density at radius 3 is 2.48 bits per heavy atom. The quantitative estimate of drug-likeness (QED) is 0.881. The summed E-state index contributed by atoms with van der Waals surface area (Å²) in [5, 5.41) is 2.80. The number of amides is 2. The number of hydrogen-bond donors (Lipinski definition) is 1. The normalized spacial score (nSPS) is 17.5. The van der Waals surface area contributed by atoms with E-state index in [0.717, 1.165) is 4.90 Å². The fourth-order valence-corrected chi connectivity index (χ4v) is 2.51. The molecule has 3 rings (SSSR count). The van der Waals surface area contributed by atoms with Crippen LogP contribution in [0, 0.1) is 5.82 Å². The maximum Gasteiger partial charge on any atom is 0.256 e. The van der Waals surface area contributed by atoms with Crippen LogP contribution in [0.15, 0.2) is 48.5 Å². The molecule has 0 spiro atoms. The van der Waals surface area contributed by atoms with Crippen molar-refractivity contribution in [2.45, 2.75) is 12.5 Å². The molecular formula is C17H15FN2O3. The molecule has 2 aromatic carbocycles. The number of carbonyl (C=O) groups is 2. The molecule has 0 bridgehead atoms. The van der Waals surface area contributed by atoms with E-state index in [9.17, 15) is 14.0 Å². The largest absolute Gasteiger partial charge is 0.497 e. The van der Waals surface area contributed by atoms with Crippen molar-refractivity contribution in [1.29, 1.82) is 0 Å². The summed E-state index contributed by atoms with van der Waals surface area (Å²) < 4.78 is 18.7. The first kappa shape index (κ1) is 15.0. The van der Waals surface area contributed by atoms with Crippen molar-refractivity contribution >= 4 is 23.2 Å². The third-order valence-electron chi connectivity index (χ3n) is 3.68. The predicted molar refractivity (Wildman–Crippen MR) is 83.9 cm³/mol. The van der Waals surface area contributed by atoms with Gasteiger partial charge in [-0.1, -0.05) is 12.1 Å². The number of carbonyl (C=O) groups excluding carboxylic acids is 2. The average Bonchev–Trinajstić information content (AvgIpc) is 2.84. The summed E-state index contributed by atoms with van der Waals surface area (Å²) in [6, 6.07) is 11.9. The van der Waals surface area contributed by atoms with Crippen LogP contribution in [0.1, 0.15) is 6.42 Å². The average molecular weight is 314 g/mol. The summed E-state index contributed by atoms with van der Waals surface area (Å²) in [7, 11) is 1.54. The van der Waals surface area contributed by atoms with Crippen molar-refractivity contribution in [3.05, 3.63) is 54.3 Å². The Morgan fingerprint density at radius 2 is 1.83 bits per heavy atom. The van der Waals surface area contributed by atoms with Gasteiger partial charge >= 0.3 is 0 Å². The number of halogens is 1. The highest BCUT2D eigenvalue weighted by molar-refractivity contribution is 6.23. The van der Waals surface area contributed by atoms with Gasteiger partial charge in [-0.15, -0.1) is 0 Å². The van der Waals surface area contributed by atoms with E-state index in [2.05, 4.69) is 5.32 Å². The van der Waals surface area contributed by atoms with Crippen molar-refractivity contribution in [1.82, 2.24) is 0 Å². The van der Waals surface area contributed by atoms with Gasteiger partial charge in [-0.3, -0.25) is 9.59 Å². The van der Waals surface area contributed by atoms with Gasteiger partial charge in [-0.25, -0.2) is 9.29 Å². The van der Waals surface area contributed by atoms with Crippen LogP contribution < -0.4 is 15.0 Å². The second-order valence-corrected chi connectivity index (χ2v) is 5.15. The third-order valence-corrected chi connectivity index (χ3v) is 3.68. The Balaban J connectivity index is 1.80. The highest BCUT2D eigenvalue weighted by Crippen LogP contribution is 2.27. The van der Waals surface area contributed by atoms with Gasteiger partial charge < -0.3 is 10.1 Å². The van der Waals surface area contributed by atoms with E-state index in [4.69, 9.17) is 4.74 Å². The van der Waals surface area contributed by atoms with Gasteiger partial charge in [0.2, 0.25) is 5.91 Å². The van der Waals surface area contributed by atoms with Crippen LogP contribution in [-0.2, 0) is 9.59 Å². The van der Waals surface area contributed by atoms with Crippen LogP contribution >= 0.6 is 0 Å². The Kier molecular flexibility index (Phi) is 3.97. The molecule has 0 saturated carbocycles. The molecule has 0 aliphatic carbocycles. The molecule has 1 atom stereocenters. The van der Waals surface area contributed by atoms with Gasteiger partial charge in [-0.2, -0.15) is 0 Å². The zero-order valence-corrected chi connectivity index (χ0v) is 12.5. The molecule has 0 radical (unpaired) electrons. The van der Waals surface area contributed by atoms with Crippen molar-refractivity contribution in [3.63, 3.8) is 0 Å². The van der Waals surface area contributed by atoms with Gasteiger partial charge in [0, 0.05) is 0 Å². The molecule has 118 valence electrons. The summed E-state index contributed by atoms with van der Waals surface area (Å²) in [6.45, 7) is 0. The second-order valence-electron chi connectivity index (χ2n) is 5.15. The van der Waals surface area contributed by atoms with E-state index in [-0.39, 0.29) is 18.0 Å². The first-order valence-corrected chi connectivity index (χ1v) is 7.12. The predicted octanol–water partition coefficient (Wildman–Crippen LogP) is 2.58. The lowest BCUT2D eigenvalue weighted by atomic mass is 10.2. The molecule has 0 aromatic heterocycles. The SMILES string of the molecule is COc1ccc(N2C(=O)C[C@@H](Nc3ccccc3F)C2=O)cc1. The van der Waals surface area contributed by atoms with E-state index in [1.807, 2.05) is 0 Å². The first-order valence-electron chi connectivity index (χ1n) is 7.12. The topological polar surface area (TPSA) is 58.6 Å². The molecule has 6 heteroatoms. The molecule has 23 heavy (non-hydrogen) atoms. The Labute approximate surface area is 132 Å². The minimum Gasteiger partial charge on any atom is -0.497 e. The zero-order valence-electron chi connectivity index (χ0n) is 12.5. The smallest absolute Gasteiger partial charge is 0.256 e. The number of methoxy groups -OCH3 is 1. The van der Waals surface area contributed by atoms with Crippen LogP contribution in [-0.4, -0.2) is 25.0 Å². The number of para-hydroxylation sites is 1. The third kappa shape index (κ3) is 2.88. The number of anilines is 2. The lowest BCUT2D eigenvalue weighted by molar-refractivity contribution is -0.121. The standard InChI is InChI=1S/C17H15FN2O3/c1-23-12-8-6-11(7-9-12)20-16(21)10-15(17(20)22)19-14-5-3-2-4-13(14)18/h2-9,15,19H,10H2,1H3/t15-/m1/s1. The maximum atomic E-state index is 13.7. The number of nitrogens with zero attached hydrogens (tertiary/aromatic N) is 1. The second kappa shape index (κ2) is 6.08.